The Morgan fingerprint density at radius 3 is 2.41 bits per heavy atom. The quantitative estimate of drug-likeness (QED) is 0.429. The number of benzene rings is 3. The van der Waals surface area contributed by atoms with Crippen LogP contribution in [-0.2, 0) is 0 Å². The van der Waals surface area contributed by atoms with Crippen molar-refractivity contribution >= 4 is 32.6 Å². The number of amides is 1. The van der Waals surface area contributed by atoms with Crippen LogP contribution in [0.2, 0.25) is 0 Å². The first-order valence-corrected chi connectivity index (χ1v) is 12.4. The summed E-state index contributed by atoms with van der Waals surface area (Å²) in [5.74, 6) is 0.797. The SMILES string of the molecule is COc1cccc2sc(N3CCN(CCNC(=O)c4ccc(-c5ccccc5)cc4)CC3)nc12. The van der Waals surface area contributed by atoms with Crippen LogP contribution in [-0.4, -0.2) is 62.2 Å². The maximum Gasteiger partial charge on any atom is 0.251 e. The molecule has 2 heterocycles. The van der Waals surface area contributed by atoms with E-state index in [1.807, 2.05) is 54.6 Å². The molecule has 174 valence electrons. The lowest BCUT2D eigenvalue weighted by Crippen LogP contribution is -2.48. The summed E-state index contributed by atoms with van der Waals surface area (Å²) >= 11 is 1.71. The van der Waals surface area contributed by atoms with Crippen molar-refractivity contribution in [1.29, 1.82) is 0 Å². The molecule has 0 bridgehead atoms. The van der Waals surface area contributed by atoms with Crippen LogP contribution in [0.25, 0.3) is 21.3 Å². The fourth-order valence-electron chi connectivity index (χ4n) is 4.25. The highest BCUT2D eigenvalue weighted by Crippen LogP contribution is 2.34. The van der Waals surface area contributed by atoms with Gasteiger partial charge in [0.1, 0.15) is 11.3 Å². The van der Waals surface area contributed by atoms with Gasteiger partial charge in [0.05, 0.1) is 11.8 Å². The highest BCUT2D eigenvalue weighted by molar-refractivity contribution is 7.22. The van der Waals surface area contributed by atoms with Crippen molar-refractivity contribution in [3.8, 4) is 16.9 Å². The highest BCUT2D eigenvalue weighted by atomic mass is 32.1. The monoisotopic (exact) mass is 472 g/mol. The van der Waals surface area contributed by atoms with E-state index in [1.54, 1.807) is 18.4 Å². The number of anilines is 1. The highest BCUT2D eigenvalue weighted by Gasteiger charge is 2.20. The van der Waals surface area contributed by atoms with Gasteiger partial charge in [-0.3, -0.25) is 9.69 Å². The molecule has 0 atom stereocenters. The Bertz CT molecular complexity index is 1250. The molecule has 0 spiro atoms. The van der Waals surface area contributed by atoms with Crippen LogP contribution < -0.4 is 15.0 Å². The molecule has 7 heteroatoms. The number of carbonyl (C=O) groups is 1. The molecular formula is C27H28N4O2S. The van der Waals surface area contributed by atoms with E-state index < -0.39 is 0 Å². The molecule has 1 aliphatic rings. The number of carbonyl (C=O) groups excluding carboxylic acids is 1. The zero-order chi connectivity index (χ0) is 23.3. The van der Waals surface area contributed by atoms with Crippen molar-refractivity contribution in [1.82, 2.24) is 15.2 Å². The van der Waals surface area contributed by atoms with Crippen LogP contribution in [0.1, 0.15) is 10.4 Å². The molecule has 3 aromatic carbocycles. The third-order valence-corrected chi connectivity index (χ3v) is 7.28. The second kappa shape index (κ2) is 10.2. The Kier molecular flexibility index (Phi) is 6.74. The van der Waals surface area contributed by atoms with Crippen molar-refractivity contribution < 1.29 is 9.53 Å². The summed E-state index contributed by atoms with van der Waals surface area (Å²) in [6.45, 7) is 5.24. The molecule has 0 radical (unpaired) electrons. The van der Waals surface area contributed by atoms with Crippen LogP contribution in [0, 0.1) is 0 Å². The summed E-state index contributed by atoms with van der Waals surface area (Å²) in [6.07, 6.45) is 0. The summed E-state index contributed by atoms with van der Waals surface area (Å²) in [5.41, 5.74) is 3.89. The van der Waals surface area contributed by atoms with Gasteiger partial charge in [-0.05, 0) is 35.4 Å². The van der Waals surface area contributed by atoms with E-state index in [1.165, 1.54) is 0 Å². The summed E-state index contributed by atoms with van der Waals surface area (Å²) in [5, 5.41) is 4.11. The second-order valence-corrected chi connectivity index (χ2v) is 9.34. The van der Waals surface area contributed by atoms with Crippen LogP contribution >= 0.6 is 11.3 Å². The van der Waals surface area contributed by atoms with E-state index in [0.29, 0.717) is 12.1 Å². The minimum atomic E-state index is -0.0262. The van der Waals surface area contributed by atoms with Crippen molar-refractivity contribution in [2.24, 2.45) is 0 Å². The van der Waals surface area contributed by atoms with Gasteiger partial charge in [-0.1, -0.05) is 59.9 Å². The smallest absolute Gasteiger partial charge is 0.251 e. The summed E-state index contributed by atoms with van der Waals surface area (Å²) in [4.78, 5) is 22.1. The maximum atomic E-state index is 12.6. The molecule has 1 N–H and O–H groups in total. The van der Waals surface area contributed by atoms with E-state index in [-0.39, 0.29) is 5.91 Å². The Hall–Kier alpha value is -3.42. The number of piperazine rings is 1. The van der Waals surface area contributed by atoms with E-state index in [9.17, 15) is 4.79 Å². The first-order valence-electron chi connectivity index (χ1n) is 11.6. The number of ether oxygens (including phenoxy) is 1. The molecule has 5 rings (SSSR count). The Balaban J connectivity index is 1.09. The third-order valence-electron chi connectivity index (χ3n) is 6.20. The Labute approximate surface area is 203 Å². The molecular weight excluding hydrogens is 444 g/mol. The topological polar surface area (TPSA) is 57.7 Å². The minimum absolute atomic E-state index is 0.0262. The van der Waals surface area contributed by atoms with Gasteiger partial charge >= 0.3 is 0 Å². The number of methoxy groups -OCH3 is 1. The van der Waals surface area contributed by atoms with Crippen LogP contribution in [0.4, 0.5) is 5.13 Å². The number of hydrogen-bond acceptors (Lipinski definition) is 6. The number of fused-ring (bicyclic) bond motifs is 1. The van der Waals surface area contributed by atoms with E-state index >= 15 is 0 Å². The number of rotatable bonds is 7. The standard InChI is InChI=1S/C27H28N4O2S/c1-33-23-8-5-9-24-25(23)29-27(34-24)31-18-16-30(17-19-31)15-14-28-26(32)22-12-10-21(11-13-22)20-6-3-2-4-7-20/h2-13H,14-19H2,1H3,(H,28,32). The molecule has 0 aliphatic carbocycles. The molecule has 1 amide bonds. The second-order valence-electron chi connectivity index (χ2n) is 8.33. The zero-order valence-electron chi connectivity index (χ0n) is 19.2. The predicted molar refractivity (Wildman–Crippen MR) is 139 cm³/mol. The van der Waals surface area contributed by atoms with Gasteiger partial charge in [-0.25, -0.2) is 4.98 Å². The average molecular weight is 473 g/mol. The Morgan fingerprint density at radius 1 is 0.941 bits per heavy atom. The van der Waals surface area contributed by atoms with Gasteiger partial charge in [0.25, 0.3) is 5.91 Å². The molecule has 4 aromatic rings. The minimum Gasteiger partial charge on any atom is -0.494 e. The molecule has 0 unspecified atom stereocenters. The number of nitrogens with zero attached hydrogens (tertiary/aromatic N) is 3. The molecule has 1 saturated heterocycles. The normalized spacial score (nSPS) is 14.3. The lowest BCUT2D eigenvalue weighted by Gasteiger charge is -2.34. The van der Waals surface area contributed by atoms with Gasteiger partial charge < -0.3 is 15.0 Å². The zero-order valence-corrected chi connectivity index (χ0v) is 20.1. The van der Waals surface area contributed by atoms with Gasteiger partial charge in [0.15, 0.2) is 5.13 Å². The van der Waals surface area contributed by atoms with Crippen molar-refractivity contribution in [3.63, 3.8) is 0 Å². The maximum absolute atomic E-state index is 12.6. The molecule has 1 fully saturated rings. The van der Waals surface area contributed by atoms with Gasteiger partial charge in [0, 0.05) is 44.8 Å². The summed E-state index contributed by atoms with van der Waals surface area (Å²) in [7, 11) is 1.69. The van der Waals surface area contributed by atoms with E-state index in [0.717, 1.165) is 64.9 Å². The third kappa shape index (κ3) is 4.90. The summed E-state index contributed by atoms with van der Waals surface area (Å²) < 4.78 is 6.60. The number of thiazole rings is 1. The van der Waals surface area contributed by atoms with Crippen LogP contribution in [0.5, 0.6) is 5.75 Å². The fraction of sp³-hybridized carbons (Fsp3) is 0.259. The van der Waals surface area contributed by atoms with Crippen molar-refractivity contribution in [3.05, 3.63) is 78.4 Å². The van der Waals surface area contributed by atoms with Gasteiger partial charge in [-0.2, -0.15) is 0 Å². The predicted octanol–water partition coefficient (Wildman–Crippen LogP) is 4.52. The lowest BCUT2D eigenvalue weighted by atomic mass is 10.0. The Morgan fingerprint density at radius 2 is 1.68 bits per heavy atom. The number of aromatic nitrogens is 1. The van der Waals surface area contributed by atoms with Crippen LogP contribution in [0.15, 0.2) is 72.8 Å². The first kappa shape index (κ1) is 22.4. The molecule has 34 heavy (non-hydrogen) atoms. The van der Waals surface area contributed by atoms with Gasteiger partial charge in [0.2, 0.25) is 0 Å². The molecule has 6 nitrogen and oxygen atoms in total. The molecule has 1 aliphatic heterocycles. The van der Waals surface area contributed by atoms with Crippen molar-refractivity contribution in [2.45, 2.75) is 0 Å². The fourth-order valence-corrected chi connectivity index (χ4v) is 5.28. The average Bonchev–Trinajstić information content (AvgIpc) is 3.34. The van der Waals surface area contributed by atoms with E-state index in [4.69, 9.17) is 9.72 Å². The summed E-state index contributed by atoms with van der Waals surface area (Å²) in [6, 6.07) is 24.0. The largest absolute Gasteiger partial charge is 0.494 e. The first-order chi connectivity index (χ1) is 16.7. The number of para-hydroxylation sites is 1. The lowest BCUT2D eigenvalue weighted by molar-refractivity contribution is 0.0948. The molecule has 1 aromatic heterocycles. The number of hydrogen-bond donors (Lipinski definition) is 1. The van der Waals surface area contributed by atoms with Crippen molar-refractivity contribution in [2.75, 3.05) is 51.3 Å². The van der Waals surface area contributed by atoms with E-state index in [2.05, 4.69) is 33.3 Å². The molecule has 0 saturated carbocycles. The van der Waals surface area contributed by atoms with Gasteiger partial charge in [-0.15, -0.1) is 0 Å². The van der Waals surface area contributed by atoms with Crippen LogP contribution in [0.3, 0.4) is 0 Å². The number of nitrogens with one attached hydrogen (secondary N) is 1.